The van der Waals surface area contributed by atoms with Gasteiger partial charge in [0.2, 0.25) is 0 Å². The van der Waals surface area contributed by atoms with Gasteiger partial charge in [0.05, 0.1) is 13.2 Å². The van der Waals surface area contributed by atoms with Gasteiger partial charge in [0, 0.05) is 20.2 Å². The third-order valence-corrected chi connectivity index (χ3v) is 2.51. The number of hydrogen-bond acceptors (Lipinski definition) is 4. The van der Waals surface area contributed by atoms with Crippen molar-refractivity contribution in [1.82, 2.24) is 5.32 Å². The topological polar surface area (TPSA) is 39.7 Å². The van der Waals surface area contributed by atoms with Crippen molar-refractivity contribution in [2.45, 2.75) is 19.6 Å². The molecule has 1 rings (SSSR count). The lowest BCUT2D eigenvalue weighted by atomic mass is 10.2. The lowest BCUT2D eigenvalue weighted by Crippen LogP contribution is -2.20. The molecular weight excluding hydrogens is 287 g/mol. The molecule has 0 bridgehead atoms. The van der Waals surface area contributed by atoms with E-state index in [1.54, 1.807) is 26.2 Å². The number of nitrogens with one attached hydrogen (secondary N) is 1. The van der Waals surface area contributed by atoms with E-state index in [1.807, 2.05) is 0 Å². The molecule has 7 heteroatoms. The summed E-state index contributed by atoms with van der Waals surface area (Å²) in [6.45, 7) is 2.62. The lowest BCUT2D eigenvalue weighted by Gasteiger charge is -2.14. The number of halogens is 3. The van der Waals surface area contributed by atoms with Gasteiger partial charge in [-0.2, -0.15) is 13.2 Å². The Morgan fingerprint density at radius 1 is 1.14 bits per heavy atom. The summed E-state index contributed by atoms with van der Waals surface area (Å²) in [4.78, 5) is 0. The molecule has 0 aliphatic rings. The maximum absolute atomic E-state index is 12.2. The van der Waals surface area contributed by atoms with Gasteiger partial charge in [0.1, 0.15) is 0 Å². The molecule has 1 aromatic carbocycles. The second-order valence-electron chi connectivity index (χ2n) is 4.29. The predicted octanol–water partition coefficient (Wildman–Crippen LogP) is 2.76. The molecule has 0 radical (unpaired) electrons. The smallest absolute Gasteiger partial charge is 0.422 e. The van der Waals surface area contributed by atoms with E-state index in [9.17, 15) is 13.2 Å². The largest absolute Gasteiger partial charge is 0.490 e. The molecule has 1 aromatic rings. The molecule has 21 heavy (non-hydrogen) atoms. The first-order valence-electron chi connectivity index (χ1n) is 6.61. The molecule has 0 unspecified atom stereocenters. The zero-order valence-corrected chi connectivity index (χ0v) is 12.1. The van der Waals surface area contributed by atoms with Crippen LogP contribution in [-0.2, 0) is 11.3 Å². The molecule has 0 heterocycles. The molecule has 0 fully saturated rings. The Hall–Kier alpha value is -1.47. The minimum Gasteiger partial charge on any atom is -0.490 e. The van der Waals surface area contributed by atoms with Crippen molar-refractivity contribution in [3.05, 3.63) is 23.8 Å². The van der Waals surface area contributed by atoms with E-state index in [0.29, 0.717) is 32.1 Å². The van der Waals surface area contributed by atoms with Crippen LogP contribution in [0.4, 0.5) is 13.2 Å². The number of methoxy groups -OCH3 is 1. The van der Waals surface area contributed by atoms with Gasteiger partial charge in [-0.15, -0.1) is 0 Å². The zero-order valence-electron chi connectivity index (χ0n) is 12.1. The number of ether oxygens (including phenoxy) is 3. The molecule has 0 atom stereocenters. The highest BCUT2D eigenvalue weighted by atomic mass is 19.4. The first kappa shape index (κ1) is 17.6. The Labute approximate surface area is 122 Å². The minimum absolute atomic E-state index is 0.0924. The fourth-order valence-corrected chi connectivity index (χ4v) is 1.62. The Balaban J connectivity index is 2.67. The third kappa shape index (κ3) is 7.19. The van der Waals surface area contributed by atoms with Gasteiger partial charge >= 0.3 is 6.18 Å². The SMILES string of the molecule is CCOc1cc(CNCCOC)ccc1OCC(F)(F)F. The van der Waals surface area contributed by atoms with Crippen LogP contribution in [0.2, 0.25) is 0 Å². The van der Waals surface area contributed by atoms with E-state index in [2.05, 4.69) is 5.32 Å². The highest BCUT2D eigenvalue weighted by molar-refractivity contribution is 5.43. The van der Waals surface area contributed by atoms with Gasteiger partial charge in [-0.1, -0.05) is 6.07 Å². The molecule has 0 aliphatic heterocycles. The first-order chi connectivity index (χ1) is 9.96. The van der Waals surface area contributed by atoms with Crippen molar-refractivity contribution in [2.75, 3.05) is 33.5 Å². The van der Waals surface area contributed by atoms with Gasteiger partial charge in [-0.25, -0.2) is 0 Å². The van der Waals surface area contributed by atoms with Crippen LogP contribution in [-0.4, -0.2) is 39.7 Å². The minimum atomic E-state index is -4.37. The Morgan fingerprint density at radius 2 is 1.90 bits per heavy atom. The summed E-state index contributed by atoms with van der Waals surface area (Å²) in [7, 11) is 1.61. The van der Waals surface area contributed by atoms with Crippen molar-refractivity contribution in [3.8, 4) is 11.5 Å². The summed E-state index contributed by atoms with van der Waals surface area (Å²) in [5, 5.41) is 3.15. The Morgan fingerprint density at radius 3 is 2.52 bits per heavy atom. The maximum atomic E-state index is 12.2. The van der Waals surface area contributed by atoms with E-state index < -0.39 is 12.8 Å². The monoisotopic (exact) mass is 307 g/mol. The summed E-state index contributed by atoms with van der Waals surface area (Å²) in [5.74, 6) is 0.405. The van der Waals surface area contributed by atoms with Gasteiger partial charge in [0.15, 0.2) is 18.1 Å². The number of hydrogen-bond donors (Lipinski definition) is 1. The molecule has 0 spiro atoms. The van der Waals surface area contributed by atoms with Crippen molar-refractivity contribution in [2.24, 2.45) is 0 Å². The van der Waals surface area contributed by atoms with Crippen LogP contribution in [0.15, 0.2) is 18.2 Å². The fourth-order valence-electron chi connectivity index (χ4n) is 1.62. The van der Waals surface area contributed by atoms with E-state index >= 15 is 0 Å². The Bertz CT molecular complexity index is 424. The van der Waals surface area contributed by atoms with E-state index in [4.69, 9.17) is 14.2 Å². The van der Waals surface area contributed by atoms with E-state index in [0.717, 1.165) is 5.56 Å². The van der Waals surface area contributed by atoms with Gasteiger partial charge in [0.25, 0.3) is 0 Å². The fraction of sp³-hybridized carbons (Fsp3) is 0.571. The summed E-state index contributed by atoms with van der Waals surface area (Å²) in [6.07, 6.45) is -4.37. The third-order valence-electron chi connectivity index (χ3n) is 2.51. The van der Waals surface area contributed by atoms with Crippen molar-refractivity contribution >= 4 is 0 Å². The van der Waals surface area contributed by atoms with Gasteiger partial charge in [-0.05, 0) is 24.6 Å². The highest BCUT2D eigenvalue weighted by Crippen LogP contribution is 2.30. The average Bonchev–Trinajstić information content (AvgIpc) is 2.42. The van der Waals surface area contributed by atoms with Crippen LogP contribution in [0, 0.1) is 0 Å². The van der Waals surface area contributed by atoms with Crippen LogP contribution in [0.1, 0.15) is 12.5 Å². The number of rotatable bonds is 9. The van der Waals surface area contributed by atoms with Crippen molar-refractivity contribution in [3.63, 3.8) is 0 Å². The molecule has 4 nitrogen and oxygen atoms in total. The Kier molecular flexibility index (Phi) is 7.31. The number of benzene rings is 1. The lowest BCUT2D eigenvalue weighted by molar-refractivity contribution is -0.153. The molecule has 1 N–H and O–H groups in total. The average molecular weight is 307 g/mol. The van der Waals surface area contributed by atoms with Gasteiger partial charge < -0.3 is 19.5 Å². The normalized spacial score (nSPS) is 11.5. The van der Waals surface area contributed by atoms with Crippen molar-refractivity contribution < 1.29 is 27.4 Å². The van der Waals surface area contributed by atoms with Crippen LogP contribution in [0.25, 0.3) is 0 Å². The molecule has 120 valence electrons. The highest BCUT2D eigenvalue weighted by Gasteiger charge is 2.29. The first-order valence-corrected chi connectivity index (χ1v) is 6.61. The quantitative estimate of drug-likeness (QED) is 0.712. The molecular formula is C14H20F3NO3. The summed E-state index contributed by atoms with van der Waals surface area (Å²) in [6, 6.07) is 4.87. The van der Waals surface area contributed by atoms with E-state index in [-0.39, 0.29) is 5.75 Å². The molecule has 0 aliphatic carbocycles. The van der Waals surface area contributed by atoms with Gasteiger partial charge in [-0.3, -0.25) is 0 Å². The van der Waals surface area contributed by atoms with Crippen LogP contribution in [0.3, 0.4) is 0 Å². The molecule has 0 saturated heterocycles. The number of alkyl halides is 3. The molecule has 0 saturated carbocycles. The zero-order chi connectivity index (χ0) is 15.7. The van der Waals surface area contributed by atoms with Crippen LogP contribution < -0.4 is 14.8 Å². The maximum Gasteiger partial charge on any atom is 0.422 e. The van der Waals surface area contributed by atoms with Crippen LogP contribution >= 0.6 is 0 Å². The standard InChI is InChI=1S/C14H20F3NO3/c1-3-20-13-8-11(9-18-6-7-19-2)4-5-12(13)21-10-14(15,16)17/h4-5,8,18H,3,6-7,9-10H2,1-2H3. The molecule has 0 amide bonds. The summed E-state index contributed by atoms with van der Waals surface area (Å²) < 4.78 is 51.6. The second-order valence-corrected chi connectivity index (χ2v) is 4.29. The van der Waals surface area contributed by atoms with E-state index in [1.165, 1.54) is 6.07 Å². The summed E-state index contributed by atoms with van der Waals surface area (Å²) in [5.41, 5.74) is 0.897. The summed E-state index contributed by atoms with van der Waals surface area (Å²) >= 11 is 0. The second kappa shape index (κ2) is 8.74. The van der Waals surface area contributed by atoms with Crippen LogP contribution in [0.5, 0.6) is 11.5 Å². The molecule has 0 aromatic heterocycles. The van der Waals surface area contributed by atoms with Crippen molar-refractivity contribution in [1.29, 1.82) is 0 Å². The predicted molar refractivity (Wildman–Crippen MR) is 72.7 cm³/mol.